The Bertz CT molecular complexity index is 1240. The van der Waals surface area contributed by atoms with Crippen molar-refractivity contribution in [3.05, 3.63) is 65.5 Å². The highest BCUT2D eigenvalue weighted by Gasteiger charge is 2.29. The third-order valence-electron chi connectivity index (χ3n) is 6.58. The van der Waals surface area contributed by atoms with Crippen LogP contribution in [0, 0.1) is 5.92 Å². The van der Waals surface area contributed by atoms with Gasteiger partial charge < -0.3 is 24.7 Å². The summed E-state index contributed by atoms with van der Waals surface area (Å²) >= 11 is 0. The van der Waals surface area contributed by atoms with Crippen molar-refractivity contribution in [1.82, 2.24) is 9.55 Å². The summed E-state index contributed by atoms with van der Waals surface area (Å²) in [6.07, 6.45) is 6.11. The van der Waals surface area contributed by atoms with Gasteiger partial charge in [-0.3, -0.25) is 4.79 Å². The van der Waals surface area contributed by atoms with Crippen LogP contribution in [0.15, 0.2) is 54.2 Å². The summed E-state index contributed by atoms with van der Waals surface area (Å²) in [7, 11) is 1.35. The van der Waals surface area contributed by atoms with E-state index in [0.29, 0.717) is 55.1 Å². The van der Waals surface area contributed by atoms with E-state index in [2.05, 4.69) is 22.8 Å². The van der Waals surface area contributed by atoms with Gasteiger partial charge >= 0.3 is 5.97 Å². The Morgan fingerprint density at radius 1 is 1.28 bits per heavy atom. The molecule has 36 heavy (non-hydrogen) atoms. The minimum Gasteiger partial charge on any atom is -0.464 e. The maximum atomic E-state index is 13.1. The molecule has 0 aliphatic carbocycles. The molecule has 0 bridgehead atoms. The van der Waals surface area contributed by atoms with Crippen molar-refractivity contribution in [1.29, 1.82) is 0 Å². The number of carbonyl (C=O) groups is 2. The van der Waals surface area contributed by atoms with Gasteiger partial charge in [-0.05, 0) is 44.7 Å². The third kappa shape index (κ3) is 5.76. The number of aromatic nitrogens is 2. The number of anilines is 2. The van der Waals surface area contributed by atoms with E-state index in [1.165, 1.54) is 18.2 Å². The van der Waals surface area contributed by atoms with Crippen LogP contribution in [0.2, 0.25) is 0 Å². The molecule has 190 valence electrons. The van der Waals surface area contributed by atoms with Gasteiger partial charge in [-0.2, -0.15) is 0 Å². The molecular weight excluding hydrogens is 456 g/mol. The van der Waals surface area contributed by atoms with Crippen molar-refractivity contribution < 1.29 is 19.1 Å². The number of ether oxygens (including phenoxy) is 2. The highest BCUT2D eigenvalue weighted by atomic mass is 16.5. The third-order valence-corrected chi connectivity index (χ3v) is 6.58. The van der Waals surface area contributed by atoms with Crippen LogP contribution in [0.5, 0.6) is 0 Å². The number of benzene rings is 1. The van der Waals surface area contributed by atoms with Gasteiger partial charge in [0, 0.05) is 25.1 Å². The average Bonchev–Trinajstić information content (AvgIpc) is 3.55. The highest BCUT2D eigenvalue weighted by molar-refractivity contribution is 6.11. The van der Waals surface area contributed by atoms with Gasteiger partial charge in [-0.1, -0.05) is 42.0 Å². The number of pyridine rings is 1. The number of nitrogens with one attached hydrogen (secondary N) is 2. The van der Waals surface area contributed by atoms with E-state index < -0.39 is 5.97 Å². The monoisotopic (exact) mass is 490 g/mol. The lowest BCUT2D eigenvalue weighted by Crippen LogP contribution is -2.24. The van der Waals surface area contributed by atoms with Crippen LogP contribution in [0.25, 0.3) is 11.0 Å². The molecule has 8 nitrogen and oxygen atoms in total. The number of rotatable bonds is 10. The van der Waals surface area contributed by atoms with Crippen molar-refractivity contribution in [3.63, 3.8) is 0 Å². The van der Waals surface area contributed by atoms with Crippen molar-refractivity contribution in [2.45, 2.75) is 39.7 Å². The van der Waals surface area contributed by atoms with Gasteiger partial charge in [0.05, 0.1) is 37.2 Å². The Hall–Kier alpha value is -3.65. The normalized spacial score (nSPS) is 15.8. The summed E-state index contributed by atoms with van der Waals surface area (Å²) in [5, 5.41) is 7.09. The Kier molecular flexibility index (Phi) is 8.38. The number of amides is 1. The van der Waals surface area contributed by atoms with Crippen molar-refractivity contribution >= 4 is 34.3 Å². The maximum Gasteiger partial charge on any atom is 0.356 e. The van der Waals surface area contributed by atoms with E-state index >= 15 is 0 Å². The minimum atomic E-state index is -0.509. The number of nitrogens with zero attached hydrogens (tertiary/aromatic N) is 2. The Morgan fingerprint density at radius 3 is 2.78 bits per heavy atom. The van der Waals surface area contributed by atoms with Gasteiger partial charge in [0.2, 0.25) is 5.91 Å². The standard InChI is InChI=1S/C28H34N4O4/c1-4-19(2)16-29-22-15-23-24(31-27(33)21-12-14-36-18-21)25(28(34)35-3)32(26(23)30-17-22)13-8-11-20-9-6-5-7-10-20/h4-7,9-10,15,17,21,29H,8,11-14,16,18H2,1-3H3,(H,31,33)/b19-4+. The number of hydrogen-bond acceptors (Lipinski definition) is 6. The summed E-state index contributed by atoms with van der Waals surface area (Å²) in [6, 6.07) is 12.2. The van der Waals surface area contributed by atoms with E-state index in [-0.39, 0.29) is 11.8 Å². The average molecular weight is 491 g/mol. The minimum absolute atomic E-state index is 0.163. The molecule has 1 aliphatic rings. The molecule has 2 aromatic heterocycles. The van der Waals surface area contributed by atoms with E-state index in [9.17, 15) is 9.59 Å². The highest BCUT2D eigenvalue weighted by Crippen LogP contribution is 2.34. The fraction of sp³-hybridized carbons (Fsp3) is 0.393. The quantitative estimate of drug-likeness (QED) is 0.313. The molecule has 8 heteroatoms. The van der Waals surface area contributed by atoms with Crippen molar-refractivity contribution in [2.24, 2.45) is 5.92 Å². The van der Waals surface area contributed by atoms with Crippen LogP contribution in [-0.2, 0) is 27.2 Å². The number of hydrogen-bond donors (Lipinski definition) is 2. The first-order chi connectivity index (χ1) is 17.5. The molecule has 3 aromatic rings. The molecule has 1 fully saturated rings. The summed E-state index contributed by atoms with van der Waals surface area (Å²) in [5.41, 5.74) is 4.60. The molecule has 1 aromatic carbocycles. The lowest BCUT2D eigenvalue weighted by molar-refractivity contribution is -0.119. The lowest BCUT2D eigenvalue weighted by atomic mass is 10.1. The molecule has 1 atom stereocenters. The smallest absolute Gasteiger partial charge is 0.356 e. The number of aryl methyl sites for hydroxylation is 2. The molecule has 0 spiro atoms. The fourth-order valence-corrected chi connectivity index (χ4v) is 4.37. The van der Waals surface area contributed by atoms with Crippen LogP contribution >= 0.6 is 0 Å². The molecule has 0 saturated carbocycles. The molecule has 1 amide bonds. The first kappa shape index (κ1) is 25.4. The zero-order chi connectivity index (χ0) is 25.5. The van der Waals surface area contributed by atoms with Gasteiger partial charge in [-0.25, -0.2) is 9.78 Å². The summed E-state index contributed by atoms with van der Waals surface area (Å²) < 4.78 is 12.4. The predicted octanol–water partition coefficient (Wildman–Crippen LogP) is 4.81. The maximum absolute atomic E-state index is 13.1. The molecule has 1 saturated heterocycles. The SMILES string of the molecule is C/C=C(\C)CNc1cnc2c(c1)c(NC(=O)C1CCOC1)c(C(=O)OC)n2CCCc1ccccc1. The topological polar surface area (TPSA) is 94.5 Å². The zero-order valence-corrected chi connectivity index (χ0v) is 21.2. The first-order valence-corrected chi connectivity index (χ1v) is 12.4. The van der Waals surface area contributed by atoms with E-state index in [4.69, 9.17) is 14.5 Å². The number of fused-ring (bicyclic) bond motifs is 1. The predicted molar refractivity (Wildman–Crippen MR) is 141 cm³/mol. The second-order valence-corrected chi connectivity index (χ2v) is 9.09. The van der Waals surface area contributed by atoms with E-state index in [1.54, 1.807) is 6.20 Å². The number of carbonyl (C=O) groups excluding carboxylic acids is 2. The molecule has 3 heterocycles. The molecule has 2 N–H and O–H groups in total. The summed E-state index contributed by atoms with van der Waals surface area (Å²) in [5.74, 6) is -0.923. The van der Waals surface area contributed by atoms with E-state index in [1.807, 2.05) is 48.8 Å². The van der Waals surface area contributed by atoms with E-state index in [0.717, 1.165) is 18.5 Å². The zero-order valence-electron chi connectivity index (χ0n) is 21.2. The molecule has 1 aliphatic heterocycles. The first-order valence-electron chi connectivity index (χ1n) is 12.4. The van der Waals surface area contributed by atoms with Crippen LogP contribution < -0.4 is 10.6 Å². The molecule has 1 unspecified atom stereocenters. The van der Waals surface area contributed by atoms with Gasteiger partial charge in [0.25, 0.3) is 0 Å². The van der Waals surface area contributed by atoms with Gasteiger partial charge in [0.15, 0.2) is 5.69 Å². The Balaban J connectivity index is 1.73. The second-order valence-electron chi connectivity index (χ2n) is 9.09. The molecular formula is C28H34N4O4. The Morgan fingerprint density at radius 2 is 2.08 bits per heavy atom. The van der Waals surface area contributed by atoms with Crippen LogP contribution in [0.3, 0.4) is 0 Å². The fourth-order valence-electron chi connectivity index (χ4n) is 4.37. The van der Waals surface area contributed by atoms with Crippen LogP contribution in [0.1, 0.15) is 42.7 Å². The summed E-state index contributed by atoms with van der Waals surface area (Å²) in [6.45, 7) is 6.21. The number of esters is 1. The lowest BCUT2D eigenvalue weighted by Gasteiger charge is -2.12. The Labute approximate surface area is 211 Å². The largest absolute Gasteiger partial charge is 0.464 e. The van der Waals surface area contributed by atoms with Gasteiger partial charge in [0.1, 0.15) is 5.65 Å². The van der Waals surface area contributed by atoms with Gasteiger partial charge in [-0.15, -0.1) is 0 Å². The van der Waals surface area contributed by atoms with Crippen LogP contribution in [0.4, 0.5) is 11.4 Å². The molecule has 0 radical (unpaired) electrons. The molecule has 4 rings (SSSR count). The second kappa shape index (κ2) is 11.9. The van der Waals surface area contributed by atoms with Crippen molar-refractivity contribution in [3.8, 4) is 0 Å². The van der Waals surface area contributed by atoms with Crippen molar-refractivity contribution in [2.75, 3.05) is 37.5 Å². The number of methoxy groups -OCH3 is 1. The number of allylic oxidation sites excluding steroid dienone is 1. The summed E-state index contributed by atoms with van der Waals surface area (Å²) in [4.78, 5) is 30.8. The van der Waals surface area contributed by atoms with Crippen LogP contribution in [-0.4, -0.2) is 48.3 Å².